The van der Waals surface area contributed by atoms with E-state index in [-0.39, 0.29) is 0 Å². The zero-order valence-electron chi connectivity index (χ0n) is 28.2. The van der Waals surface area contributed by atoms with Crippen LogP contribution >= 0.6 is 0 Å². The van der Waals surface area contributed by atoms with Crippen molar-refractivity contribution in [2.45, 2.75) is 0 Å². The minimum absolute atomic E-state index is 1.01. The second-order valence-electron chi connectivity index (χ2n) is 13.6. The van der Waals surface area contributed by atoms with Gasteiger partial charge in [0.1, 0.15) is 0 Å². The molecule has 0 amide bonds. The Labute approximate surface area is 300 Å². The minimum atomic E-state index is 1.01. The fraction of sp³-hybridized carbons (Fsp3) is 0. The Hall–Kier alpha value is -6.97. The molecule has 0 N–H and O–H groups in total. The highest BCUT2D eigenvalue weighted by Gasteiger charge is 2.18. The first-order valence-corrected chi connectivity index (χ1v) is 17.8. The maximum Gasteiger partial charge on any atom is 0.0788 e. The van der Waals surface area contributed by atoms with Crippen molar-refractivity contribution in [2.24, 2.45) is 0 Å². The number of aromatic nitrogens is 3. The van der Waals surface area contributed by atoms with E-state index >= 15 is 0 Å². The number of benzene rings is 8. The van der Waals surface area contributed by atoms with Gasteiger partial charge in [-0.15, -0.1) is 0 Å². The number of fused-ring (bicyclic) bond motifs is 9. The molecule has 3 heteroatoms. The number of nitrogens with zero attached hydrogens (tertiary/aromatic N) is 3. The summed E-state index contributed by atoms with van der Waals surface area (Å²) in [5.41, 5.74) is 12.6. The molecule has 8 aromatic carbocycles. The van der Waals surface area contributed by atoms with Crippen LogP contribution in [0.2, 0.25) is 0 Å². The maximum atomic E-state index is 5.23. The molecule has 52 heavy (non-hydrogen) atoms. The number of pyridine rings is 1. The first kappa shape index (κ1) is 28.8. The molecule has 0 atom stereocenters. The van der Waals surface area contributed by atoms with Gasteiger partial charge in [0.05, 0.1) is 33.3 Å². The normalized spacial score (nSPS) is 11.8. The van der Waals surface area contributed by atoms with Crippen LogP contribution in [0.15, 0.2) is 188 Å². The average Bonchev–Trinajstić information content (AvgIpc) is 3.72. The lowest BCUT2D eigenvalue weighted by Crippen LogP contribution is -1.95. The van der Waals surface area contributed by atoms with E-state index in [0.717, 1.165) is 27.8 Å². The third-order valence-electron chi connectivity index (χ3n) is 10.7. The fourth-order valence-corrected chi connectivity index (χ4v) is 8.32. The van der Waals surface area contributed by atoms with Crippen LogP contribution in [0.5, 0.6) is 0 Å². The first-order valence-electron chi connectivity index (χ1n) is 17.8. The number of hydrogen-bond acceptors (Lipinski definition) is 1. The zero-order valence-corrected chi connectivity index (χ0v) is 28.2. The van der Waals surface area contributed by atoms with Gasteiger partial charge in [0.2, 0.25) is 0 Å². The molecule has 0 fully saturated rings. The molecule has 0 aliphatic heterocycles. The van der Waals surface area contributed by atoms with Crippen LogP contribution in [0.25, 0.3) is 99.0 Å². The van der Waals surface area contributed by atoms with E-state index in [9.17, 15) is 0 Å². The van der Waals surface area contributed by atoms with Gasteiger partial charge >= 0.3 is 0 Å². The van der Waals surface area contributed by atoms with Crippen molar-refractivity contribution in [1.29, 1.82) is 0 Å². The summed E-state index contributed by atoms with van der Waals surface area (Å²) in [6.07, 6.45) is 0. The highest BCUT2D eigenvalue weighted by Crippen LogP contribution is 2.40. The van der Waals surface area contributed by atoms with E-state index in [0.29, 0.717) is 0 Å². The standard InChI is InChI=1S/C49H31N3/c1-3-13-33(14-4-1)49-43-31-48-42(30-40(43)37-17-7-10-20-44(37)50-49)39-19-9-12-22-46(39)52(48)36-26-23-32(24-27-36)34-25-28-47-41(29-34)38-18-8-11-21-45(38)51(47)35-15-5-2-6-16-35/h1-31H. The molecule has 0 saturated heterocycles. The van der Waals surface area contributed by atoms with E-state index in [1.165, 1.54) is 71.2 Å². The van der Waals surface area contributed by atoms with Crippen molar-refractivity contribution < 1.29 is 0 Å². The molecule has 0 aliphatic rings. The van der Waals surface area contributed by atoms with Gasteiger partial charge in [-0.1, -0.05) is 121 Å². The van der Waals surface area contributed by atoms with Crippen molar-refractivity contribution in [3.05, 3.63) is 188 Å². The summed E-state index contributed by atoms with van der Waals surface area (Å²) in [5.74, 6) is 0. The molecular formula is C49H31N3. The summed E-state index contributed by atoms with van der Waals surface area (Å²) in [7, 11) is 0. The average molecular weight is 662 g/mol. The lowest BCUT2D eigenvalue weighted by Gasteiger charge is -2.13. The number of para-hydroxylation sites is 4. The lowest BCUT2D eigenvalue weighted by atomic mass is 9.98. The summed E-state index contributed by atoms with van der Waals surface area (Å²) >= 11 is 0. The molecule has 0 spiro atoms. The fourth-order valence-electron chi connectivity index (χ4n) is 8.32. The van der Waals surface area contributed by atoms with Crippen LogP contribution in [0.1, 0.15) is 0 Å². The zero-order chi connectivity index (χ0) is 34.2. The Morgan fingerprint density at radius 2 is 0.827 bits per heavy atom. The predicted octanol–water partition coefficient (Wildman–Crippen LogP) is 12.9. The molecule has 0 saturated carbocycles. The summed E-state index contributed by atoms with van der Waals surface area (Å²) < 4.78 is 4.78. The summed E-state index contributed by atoms with van der Waals surface area (Å²) in [6.45, 7) is 0. The maximum absolute atomic E-state index is 5.23. The summed E-state index contributed by atoms with van der Waals surface area (Å²) in [5, 5.41) is 8.54. The van der Waals surface area contributed by atoms with Crippen LogP contribution in [-0.2, 0) is 0 Å². The molecule has 0 unspecified atom stereocenters. The van der Waals surface area contributed by atoms with Gasteiger partial charge in [-0.25, -0.2) is 4.98 Å². The van der Waals surface area contributed by atoms with Crippen molar-refractivity contribution in [2.75, 3.05) is 0 Å². The van der Waals surface area contributed by atoms with E-state index in [1.807, 2.05) is 0 Å². The largest absolute Gasteiger partial charge is 0.309 e. The monoisotopic (exact) mass is 661 g/mol. The van der Waals surface area contributed by atoms with Crippen LogP contribution in [0, 0.1) is 0 Å². The van der Waals surface area contributed by atoms with Crippen LogP contribution in [0.4, 0.5) is 0 Å². The van der Waals surface area contributed by atoms with Crippen molar-refractivity contribution >= 4 is 65.3 Å². The van der Waals surface area contributed by atoms with E-state index in [2.05, 4.69) is 197 Å². The van der Waals surface area contributed by atoms with Crippen molar-refractivity contribution in [3.63, 3.8) is 0 Å². The van der Waals surface area contributed by atoms with Crippen molar-refractivity contribution in [1.82, 2.24) is 14.1 Å². The molecule has 3 aromatic heterocycles. The van der Waals surface area contributed by atoms with E-state index in [1.54, 1.807) is 0 Å². The Morgan fingerprint density at radius 3 is 1.56 bits per heavy atom. The third kappa shape index (κ3) is 4.30. The SMILES string of the molecule is c1ccc(-c2nc3ccccc3c3cc4c5ccccc5n(-c5ccc(-c6ccc7c(c6)c6ccccc6n7-c6ccccc6)cc5)c4cc23)cc1. The molecule has 0 aliphatic carbocycles. The Kier molecular flexibility index (Phi) is 6.25. The van der Waals surface area contributed by atoms with Crippen LogP contribution < -0.4 is 0 Å². The summed E-state index contributed by atoms with van der Waals surface area (Å²) in [6, 6.07) is 67.8. The van der Waals surface area contributed by atoms with Gasteiger partial charge in [-0.05, 0) is 83.2 Å². The smallest absolute Gasteiger partial charge is 0.0788 e. The second kappa shape index (κ2) is 11.3. The summed E-state index contributed by atoms with van der Waals surface area (Å²) in [4.78, 5) is 5.23. The molecule has 3 nitrogen and oxygen atoms in total. The highest BCUT2D eigenvalue weighted by atomic mass is 15.0. The molecule has 0 radical (unpaired) electrons. The van der Waals surface area contributed by atoms with Gasteiger partial charge < -0.3 is 9.13 Å². The lowest BCUT2D eigenvalue weighted by molar-refractivity contribution is 1.18. The molecule has 11 rings (SSSR count). The number of hydrogen-bond donors (Lipinski definition) is 0. The minimum Gasteiger partial charge on any atom is -0.309 e. The molecular weight excluding hydrogens is 631 g/mol. The highest BCUT2D eigenvalue weighted by molar-refractivity contribution is 6.20. The van der Waals surface area contributed by atoms with Gasteiger partial charge in [0.15, 0.2) is 0 Å². The van der Waals surface area contributed by atoms with E-state index < -0.39 is 0 Å². The molecule has 0 bridgehead atoms. The predicted molar refractivity (Wildman–Crippen MR) is 219 cm³/mol. The van der Waals surface area contributed by atoms with Crippen molar-refractivity contribution in [3.8, 4) is 33.8 Å². The van der Waals surface area contributed by atoms with Crippen LogP contribution in [0.3, 0.4) is 0 Å². The molecule has 3 heterocycles. The van der Waals surface area contributed by atoms with Gasteiger partial charge in [0.25, 0.3) is 0 Å². The topological polar surface area (TPSA) is 22.8 Å². The Balaban J connectivity index is 1.10. The Bertz CT molecular complexity index is 3150. The van der Waals surface area contributed by atoms with Crippen LogP contribution in [-0.4, -0.2) is 14.1 Å². The van der Waals surface area contributed by atoms with Gasteiger partial charge in [0, 0.05) is 49.3 Å². The third-order valence-corrected chi connectivity index (χ3v) is 10.7. The Morgan fingerprint density at radius 1 is 0.288 bits per heavy atom. The second-order valence-corrected chi connectivity index (χ2v) is 13.6. The molecule has 11 aromatic rings. The first-order chi connectivity index (χ1) is 25.8. The van der Waals surface area contributed by atoms with E-state index in [4.69, 9.17) is 4.98 Å². The quantitative estimate of drug-likeness (QED) is 0.172. The number of rotatable bonds is 4. The molecule has 242 valence electrons. The van der Waals surface area contributed by atoms with Gasteiger partial charge in [-0.3, -0.25) is 0 Å². The van der Waals surface area contributed by atoms with Gasteiger partial charge in [-0.2, -0.15) is 0 Å².